The first-order valence-corrected chi connectivity index (χ1v) is 6.81. The van der Waals surface area contributed by atoms with Crippen molar-refractivity contribution in [3.63, 3.8) is 0 Å². The van der Waals surface area contributed by atoms with Gasteiger partial charge in [-0.1, -0.05) is 17.3 Å². The Morgan fingerprint density at radius 1 is 1.22 bits per heavy atom. The SMILES string of the molecule is O=C(Cn1c(=O)oc2ccccc21)Nc1noc2ncccc12. The van der Waals surface area contributed by atoms with Crippen LogP contribution in [-0.4, -0.2) is 20.6 Å². The maximum absolute atomic E-state index is 12.2. The number of carbonyl (C=O) groups excluding carboxylic acids is 1. The highest BCUT2D eigenvalue weighted by molar-refractivity contribution is 5.98. The van der Waals surface area contributed by atoms with Gasteiger partial charge in [0.05, 0.1) is 10.9 Å². The third-order valence-corrected chi connectivity index (χ3v) is 3.38. The lowest BCUT2D eigenvalue weighted by molar-refractivity contribution is -0.116. The van der Waals surface area contributed by atoms with Gasteiger partial charge in [-0.3, -0.25) is 9.36 Å². The number of hydrogen-bond donors (Lipinski definition) is 1. The fourth-order valence-corrected chi connectivity index (χ4v) is 2.35. The molecule has 0 radical (unpaired) electrons. The van der Waals surface area contributed by atoms with E-state index < -0.39 is 11.7 Å². The van der Waals surface area contributed by atoms with E-state index in [1.54, 1.807) is 42.6 Å². The van der Waals surface area contributed by atoms with Gasteiger partial charge in [-0.25, -0.2) is 9.78 Å². The average molecular weight is 310 g/mol. The minimum atomic E-state index is -0.590. The summed E-state index contributed by atoms with van der Waals surface area (Å²) in [4.78, 5) is 28.1. The number of para-hydroxylation sites is 2. The lowest BCUT2D eigenvalue weighted by Gasteiger charge is -2.02. The molecule has 3 aromatic heterocycles. The summed E-state index contributed by atoms with van der Waals surface area (Å²) in [6, 6.07) is 10.3. The number of nitrogens with zero attached hydrogens (tertiary/aromatic N) is 3. The molecular formula is C15H10N4O4. The second-order valence-corrected chi connectivity index (χ2v) is 4.86. The number of rotatable bonds is 3. The monoisotopic (exact) mass is 310 g/mol. The second-order valence-electron chi connectivity index (χ2n) is 4.86. The highest BCUT2D eigenvalue weighted by atomic mass is 16.5. The van der Waals surface area contributed by atoms with E-state index in [1.165, 1.54) is 4.57 Å². The molecule has 1 aromatic carbocycles. The summed E-state index contributed by atoms with van der Waals surface area (Å²) in [6.07, 6.45) is 1.57. The molecule has 4 rings (SSSR count). The van der Waals surface area contributed by atoms with E-state index in [2.05, 4.69) is 15.5 Å². The smallest absolute Gasteiger partial charge is 0.408 e. The quantitative estimate of drug-likeness (QED) is 0.618. The first kappa shape index (κ1) is 13.3. The van der Waals surface area contributed by atoms with Gasteiger partial charge in [0.1, 0.15) is 6.54 Å². The van der Waals surface area contributed by atoms with E-state index in [-0.39, 0.29) is 12.4 Å². The Morgan fingerprint density at radius 3 is 3.00 bits per heavy atom. The summed E-state index contributed by atoms with van der Waals surface area (Å²) in [5.74, 6) is -0.746. The highest BCUT2D eigenvalue weighted by Crippen LogP contribution is 2.20. The van der Waals surface area contributed by atoms with Crippen molar-refractivity contribution in [2.75, 3.05) is 5.32 Å². The predicted octanol–water partition coefficient (Wildman–Crippen LogP) is 1.77. The van der Waals surface area contributed by atoms with E-state index in [0.717, 1.165) is 0 Å². The number of pyridine rings is 1. The topological polar surface area (TPSA) is 103 Å². The predicted molar refractivity (Wildman–Crippen MR) is 80.9 cm³/mol. The third-order valence-electron chi connectivity index (χ3n) is 3.38. The molecule has 0 spiro atoms. The van der Waals surface area contributed by atoms with Gasteiger partial charge < -0.3 is 14.3 Å². The minimum Gasteiger partial charge on any atom is -0.408 e. The summed E-state index contributed by atoms with van der Waals surface area (Å²) in [7, 11) is 0. The van der Waals surface area contributed by atoms with Crippen LogP contribution < -0.4 is 11.1 Å². The number of fused-ring (bicyclic) bond motifs is 2. The number of anilines is 1. The maximum atomic E-state index is 12.2. The number of benzene rings is 1. The Kier molecular flexibility index (Phi) is 2.94. The molecule has 0 aliphatic carbocycles. The molecule has 4 aromatic rings. The van der Waals surface area contributed by atoms with Crippen molar-refractivity contribution in [3.8, 4) is 0 Å². The van der Waals surface area contributed by atoms with Crippen molar-refractivity contribution in [2.24, 2.45) is 0 Å². The van der Waals surface area contributed by atoms with E-state index in [1.807, 2.05) is 0 Å². The van der Waals surface area contributed by atoms with Crippen molar-refractivity contribution >= 4 is 33.9 Å². The molecule has 114 valence electrons. The molecular weight excluding hydrogens is 300 g/mol. The van der Waals surface area contributed by atoms with Crippen LogP contribution in [0.4, 0.5) is 5.82 Å². The molecule has 0 saturated carbocycles. The number of oxazole rings is 1. The molecule has 0 saturated heterocycles. The molecule has 1 N–H and O–H groups in total. The number of nitrogens with one attached hydrogen (secondary N) is 1. The second kappa shape index (κ2) is 5.09. The lowest BCUT2D eigenvalue weighted by Crippen LogP contribution is -2.24. The molecule has 1 amide bonds. The zero-order valence-corrected chi connectivity index (χ0v) is 11.7. The Morgan fingerprint density at radius 2 is 2.09 bits per heavy atom. The normalized spacial score (nSPS) is 11.1. The van der Waals surface area contributed by atoms with Gasteiger partial charge in [0, 0.05) is 6.20 Å². The van der Waals surface area contributed by atoms with Gasteiger partial charge in [-0.2, -0.15) is 0 Å². The lowest BCUT2D eigenvalue weighted by atomic mass is 10.3. The summed E-state index contributed by atoms with van der Waals surface area (Å²) in [5, 5.41) is 6.97. The van der Waals surface area contributed by atoms with Crippen LogP contribution in [0, 0.1) is 0 Å². The maximum Gasteiger partial charge on any atom is 0.420 e. The molecule has 8 heteroatoms. The zero-order chi connectivity index (χ0) is 15.8. The van der Waals surface area contributed by atoms with Gasteiger partial charge in [0.15, 0.2) is 11.4 Å². The molecule has 0 aliphatic rings. The molecule has 23 heavy (non-hydrogen) atoms. The Bertz CT molecular complexity index is 1080. The summed E-state index contributed by atoms with van der Waals surface area (Å²) in [5.41, 5.74) is 1.31. The van der Waals surface area contributed by atoms with Crippen LogP contribution in [0.2, 0.25) is 0 Å². The van der Waals surface area contributed by atoms with Gasteiger partial charge in [0.2, 0.25) is 5.91 Å². The van der Waals surface area contributed by atoms with Crippen LogP contribution >= 0.6 is 0 Å². The minimum absolute atomic E-state index is 0.190. The first-order valence-electron chi connectivity index (χ1n) is 6.81. The van der Waals surface area contributed by atoms with E-state index in [9.17, 15) is 9.59 Å². The van der Waals surface area contributed by atoms with Gasteiger partial charge in [-0.15, -0.1) is 0 Å². The van der Waals surface area contributed by atoms with Crippen LogP contribution in [0.1, 0.15) is 0 Å². The largest absolute Gasteiger partial charge is 0.420 e. The summed E-state index contributed by atoms with van der Waals surface area (Å²) >= 11 is 0. The Labute approximate surface area is 128 Å². The van der Waals surface area contributed by atoms with Crippen LogP contribution in [0.15, 0.2) is 56.3 Å². The zero-order valence-electron chi connectivity index (χ0n) is 11.7. The van der Waals surface area contributed by atoms with Crippen LogP contribution in [-0.2, 0) is 11.3 Å². The van der Waals surface area contributed by atoms with Crippen molar-refractivity contribution < 1.29 is 13.7 Å². The van der Waals surface area contributed by atoms with Crippen molar-refractivity contribution in [3.05, 3.63) is 53.1 Å². The first-order chi connectivity index (χ1) is 11.2. The van der Waals surface area contributed by atoms with Gasteiger partial charge >= 0.3 is 5.76 Å². The Hall–Kier alpha value is -3.42. The molecule has 8 nitrogen and oxygen atoms in total. The van der Waals surface area contributed by atoms with Crippen LogP contribution in [0.3, 0.4) is 0 Å². The van der Waals surface area contributed by atoms with Gasteiger partial charge in [0.25, 0.3) is 5.71 Å². The van der Waals surface area contributed by atoms with Crippen LogP contribution in [0.25, 0.3) is 22.2 Å². The molecule has 0 bridgehead atoms. The average Bonchev–Trinajstić information content (AvgIpc) is 3.10. The number of amides is 1. The fourth-order valence-electron chi connectivity index (χ4n) is 2.35. The molecule has 0 unspecified atom stereocenters. The number of carbonyl (C=O) groups is 1. The standard InChI is InChI=1S/C15H10N4O4/c20-12(17-13-9-4-3-7-16-14(9)23-18-13)8-19-10-5-1-2-6-11(10)22-15(19)21/h1-7H,8H2,(H,17,18,20). The van der Waals surface area contributed by atoms with E-state index in [0.29, 0.717) is 22.2 Å². The van der Waals surface area contributed by atoms with E-state index in [4.69, 9.17) is 8.94 Å². The van der Waals surface area contributed by atoms with Gasteiger partial charge in [-0.05, 0) is 24.3 Å². The molecule has 0 atom stereocenters. The number of aromatic nitrogens is 3. The highest BCUT2D eigenvalue weighted by Gasteiger charge is 2.15. The van der Waals surface area contributed by atoms with Crippen molar-refractivity contribution in [1.82, 2.24) is 14.7 Å². The van der Waals surface area contributed by atoms with Crippen molar-refractivity contribution in [2.45, 2.75) is 6.54 Å². The number of hydrogen-bond acceptors (Lipinski definition) is 6. The molecule has 0 fully saturated rings. The summed E-state index contributed by atoms with van der Waals surface area (Å²) in [6.45, 7) is -0.190. The molecule has 0 aliphatic heterocycles. The summed E-state index contributed by atoms with van der Waals surface area (Å²) < 4.78 is 11.4. The fraction of sp³-hybridized carbons (Fsp3) is 0.0667. The molecule has 3 heterocycles. The van der Waals surface area contributed by atoms with Crippen molar-refractivity contribution in [1.29, 1.82) is 0 Å². The Balaban J connectivity index is 1.63. The van der Waals surface area contributed by atoms with E-state index >= 15 is 0 Å². The third kappa shape index (κ3) is 2.26. The van der Waals surface area contributed by atoms with Crippen LogP contribution in [0.5, 0.6) is 0 Å².